The van der Waals surface area contributed by atoms with Gasteiger partial charge in [-0.15, -0.1) is 0 Å². The molecule has 0 atom stereocenters. The van der Waals surface area contributed by atoms with Gasteiger partial charge in [0.25, 0.3) is 0 Å². The monoisotopic (exact) mass is 321 g/mol. The van der Waals surface area contributed by atoms with E-state index in [4.69, 9.17) is 58.0 Å². The Kier molecular flexibility index (Phi) is 4.78. The van der Waals surface area contributed by atoms with Gasteiger partial charge in [0.2, 0.25) is 0 Å². The first-order chi connectivity index (χ1) is 6.86. The molecule has 0 aliphatic carbocycles. The number of halogens is 5. The third-order valence-corrected chi connectivity index (χ3v) is 4.12. The fourth-order valence-corrected chi connectivity index (χ4v) is 2.41. The number of hydrogen-bond acceptors (Lipinski definition) is 2. The van der Waals surface area contributed by atoms with Crippen LogP contribution in [0.5, 0.6) is 0 Å². The van der Waals surface area contributed by atoms with Gasteiger partial charge in [-0.05, 0) is 5.56 Å². The lowest BCUT2D eigenvalue weighted by atomic mass is 10.1. The third kappa shape index (κ3) is 2.82. The highest BCUT2D eigenvalue weighted by Gasteiger charge is 2.18. The number of benzene rings is 1. The van der Waals surface area contributed by atoms with Gasteiger partial charge < -0.3 is 17.4 Å². The molecule has 0 spiro atoms. The van der Waals surface area contributed by atoms with Crippen molar-refractivity contribution in [3.63, 3.8) is 0 Å². The Morgan fingerprint density at radius 2 is 1.20 bits per heavy atom. The molecule has 1 aromatic rings. The molecule has 0 unspecified atom stereocenters. The van der Waals surface area contributed by atoms with Gasteiger partial charge in [-0.25, -0.2) is 0 Å². The zero-order valence-electron chi connectivity index (χ0n) is 6.91. The molecule has 0 aromatic heterocycles. The van der Waals surface area contributed by atoms with Crippen LogP contribution in [-0.2, 0) is 23.8 Å². The SMILES string of the molecule is O=C([S-])Cc1c(Cl)c(Cl)c(Cl)c(Cl)c1Cl. The van der Waals surface area contributed by atoms with E-state index in [1.54, 1.807) is 0 Å². The Labute approximate surface area is 117 Å². The summed E-state index contributed by atoms with van der Waals surface area (Å²) in [5.74, 6) is 0. The van der Waals surface area contributed by atoms with Crippen LogP contribution >= 0.6 is 58.0 Å². The molecular weight excluding hydrogens is 321 g/mol. The lowest BCUT2D eigenvalue weighted by molar-refractivity contribution is -0.110. The van der Waals surface area contributed by atoms with E-state index in [1.807, 2.05) is 0 Å². The quantitative estimate of drug-likeness (QED) is 0.450. The average molecular weight is 323 g/mol. The van der Waals surface area contributed by atoms with Crippen LogP contribution in [0.3, 0.4) is 0 Å². The van der Waals surface area contributed by atoms with Gasteiger partial charge in [0.15, 0.2) is 0 Å². The van der Waals surface area contributed by atoms with Gasteiger partial charge in [0.05, 0.1) is 25.1 Å². The Morgan fingerprint density at radius 3 is 1.53 bits per heavy atom. The van der Waals surface area contributed by atoms with Crippen molar-refractivity contribution >= 4 is 75.7 Å². The Bertz CT molecular complexity index is 403. The smallest absolute Gasteiger partial charge is 0.0809 e. The summed E-state index contributed by atoms with van der Waals surface area (Å²) in [4.78, 5) is 10.8. The maximum absolute atomic E-state index is 10.8. The van der Waals surface area contributed by atoms with Crippen molar-refractivity contribution in [2.24, 2.45) is 0 Å². The highest BCUT2D eigenvalue weighted by molar-refractivity contribution is 7.77. The van der Waals surface area contributed by atoms with Gasteiger partial charge in [-0.1, -0.05) is 58.0 Å². The summed E-state index contributed by atoms with van der Waals surface area (Å²) in [5, 5.41) is -0.0938. The van der Waals surface area contributed by atoms with E-state index < -0.39 is 5.12 Å². The maximum atomic E-state index is 10.8. The summed E-state index contributed by atoms with van der Waals surface area (Å²) in [6, 6.07) is 0. The van der Waals surface area contributed by atoms with Crippen LogP contribution < -0.4 is 0 Å². The van der Waals surface area contributed by atoms with Crippen molar-refractivity contribution in [3.05, 3.63) is 30.7 Å². The highest BCUT2D eigenvalue weighted by Crippen LogP contribution is 2.43. The summed E-state index contributed by atoms with van der Waals surface area (Å²) in [6.07, 6.45) is -0.108. The van der Waals surface area contributed by atoms with Crippen LogP contribution in [0.15, 0.2) is 0 Å². The van der Waals surface area contributed by atoms with Gasteiger partial charge in [0.1, 0.15) is 0 Å². The third-order valence-electron chi connectivity index (χ3n) is 1.62. The molecule has 0 saturated carbocycles. The number of carbonyl (C=O) groups is 1. The van der Waals surface area contributed by atoms with Crippen LogP contribution in [0.25, 0.3) is 0 Å². The molecule has 0 N–H and O–H groups in total. The van der Waals surface area contributed by atoms with E-state index in [1.165, 1.54) is 0 Å². The summed E-state index contributed by atoms with van der Waals surface area (Å²) in [7, 11) is 0. The summed E-state index contributed by atoms with van der Waals surface area (Å²) < 4.78 is 0. The van der Waals surface area contributed by atoms with Crippen molar-refractivity contribution in [1.29, 1.82) is 0 Å². The molecule has 0 bridgehead atoms. The molecule has 1 aromatic carbocycles. The first-order valence-electron chi connectivity index (χ1n) is 3.56. The lowest BCUT2D eigenvalue weighted by Gasteiger charge is -2.13. The molecule has 0 aliphatic rings. The second kappa shape index (κ2) is 5.26. The van der Waals surface area contributed by atoms with Crippen molar-refractivity contribution in [2.45, 2.75) is 6.42 Å². The minimum atomic E-state index is -0.506. The molecule has 15 heavy (non-hydrogen) atoms. The molecule has 0 fully saturated rings. The molecule has 0 aliphatic heterocycles. The predicted octanol–water partition coefficient (Wildman–Crippen LogP) is 4.57. The summed E-state index contributed by atoms with van der Waals surface area (Å²) >= 11 is 33.5. The predicted molar refractivity (Wildman–Crippen MR) is 67.6 cm³/mol. The van der Waals surface area contributed by atoms with E-state index >= 15 is 0 Å². The normalized spacial score (nSPS) is 10.5. The lowest BCUT2D eigenvalue weighted by Crippen LogP contribution is -2.00. The molecule has 0 amide bonds. The number of rotatable bonds is 2. The fraction of sp³-hybridized carbons (Fsp3) is 0.125. The van der Waals surface area contributed by atoms with E-state index in [-0.39, 0.29) is 31.5 Å². The largest absolute Gasteiger partial charge is 0.742 e. The molecule has 0 radical (unpaired) electrons. The van der Waals surface area contributed by atoms with E-state index in [0.717, 1.165) is 0 Å². The second-order valence-electron chi connectivity index (χ2n) is 2.60. The van der Waals surface area contributed by atoms with E-state index in [2.05, 4.69) is 12.6 Å². The van der Waals surface area contributed by atoms with Crippen LogP contribution in [0, 0.1) is 0 Å². The molecule has 1 nitrogen and oxygen atoms in total. The highest BCUT2D eigenvalue weighted by atomic mass is 35.5. The molecular formula is C8H2Cl5OS-. The molecule has 7 heteroatoms. The van der Waals surface area contributed by atoms with Crippen LogP contribution in [0.2, 0.25) is 25.1 Å². The standard InChI is InChI=1S/C8H3Cl5OS/c9-4-2(1-3(14)15)5(10)7(12)8(13)6(4)11/h1H2,(H,14,15)/p-1. The second-order valence-corrected chi connectivity index (χ2v) is 4.94. The average Bonchev–Trinajstić information content (AvgIpc) is 2.18. The van der Waals surface area contributed by atoms with Gasteiger partial charge >= 0.3 is 0 Å². The molecule has 1 rings (SSSR count). The first kappa shape index (κ1) is 13.6. The molecule has 0 saturated heterocycles. The fourth-order valence-electron chi connectivity index (χ4n) is 0.950. The molecule has 0 heterocycles. The Morgan fingerprint density at radius 1 is 0.867 bits per heavy atom. The first-order valence-corrected chi connectivity index (χ1v) is 5.86. The van der Waals surface area contributed by atoms with Gasteiger partial charge in [-0.3, -0.25) is 0 Å². The van der Waals surface area contributed by atoms with Crippen LogP contribution in [-0.4, -0.2) is 5.12 Å². The summed E-state index contributed by atoms with van der Waals surface area (Å²) in [6.45, 7) is 0. The van der Waals surface area contributed by atoms with Crippen LogP contribution in [0.1, 0.15) is 5.56 Å². The minimum Gasteiger partial charge on any atom is -0.742 e. The van der Waals surface area contributed by atoms with Crippen molar-refractivity contribution in [3.8, 4) is 0 Å². The van der Waals surface area contributed by atoms with Gasteiger partial charge in [0, 0.05) is 11.5 Å². The molecule has 82 valence electrons. The van der Waals surface area contributed by atoms with Crippen molar-refractivity contribution in [1.82, 2.24) is 0 Å². The number of hydrogen-bond donors (Lipinski definition) is 0. The Hall–Kier alpha value is 0.560. The van der Waals surface area contributed by atoms with E-state index in [0.29, 0.717) is 5.56 Å². The van der Waals surface area contributed by atoms with E-state index in [9.17, 15) is 4.79 Å². The Balaban J connectivity index is 3.45. The van der Waals surface area contributed by atoms with Gasteiger partial charge in [-0.2, -0.15) is 0 Å². The summed E-state index contributed by atoms with van der Waals surface area (Å²) in [5.41, 5.74) is 0.303. The number of carbonyl (C=O) groups excluding carboxylic acids is 1. The zero-order chi connectivity index (χ0) is 11.7. The van der Waals surface area contributed by atoms with Crippen molar-refractivity contribution < 1.29 is 4.79 Å². The van der Waals surface area contributed by atoms with Crippen molar-refractivity contribution in [2.75, 3.05) is 0 Å². The maximum Gasteiger partial charge on any atom is 0.0809 e. The van der Waals surface area contributed by atoms with Crippen LogP contribution in [0.4, 0.5) is 0 Å². The zero-order valence-corrected chi connectivity index (χ0v) is 11.5. The topological polar surface area (TPSA) is 17.1 Å². The minimum absolute atomic E-state index is 0.0638.